The Morgan fingerprint density at radius 3 is 2.58 bits per heavy atom. The Bertz CT molecular complexity index is 727. The highest BCUT2D eigenvalue weighted by Gasteiger charge is 2.21. The van der Waals surface area contributed by atoms with Gasteiger partial charge in [0.15, 0.2) is 0 Å². The summed E-state index contributed by atoms with van der Waals surface area (Å²) in [6, 6.07) is 9.36. The van der Waals surface area contributed by atoms with E-state index < -0.39 is 10.0 Å². The Morgan fingerprint density at radius 2 is 1.84 bits per heavy atom. The van der Waals surface area contributed by atoms with Crippen molar-refractivity contribution < 1.29 is 13.5 Å². The molecule has 0 heterocycles. The summed E-state index contributed by atoms with van der Waals surface area (Å²) in [6.07, 6.45) is 1.94. The van der Waals surface area contributed by atoms with Gasteiger partial charge >= 0.3 is 0 Å². The molecule has 0 unspecified atom stereocenters. The van der Waals surface area contributed by atoms with Crippen LogP contribution in [-0.4, -0.2) is 26.7 Å². The third kappa shape index (κ3) is 2.04. The van der Waals surface area contributed by atoms with Gasteiger partial charge in [0.05, 0.1) is 11.5 Å². The molecule has 0 saturated heterocycles. The summed E-state index contributed by atoms with van der Waals surface area (Å²) in [5.41, 5.74) is 2.43. The molecule has 0 bridgehead atoms. The number of hydrogen-bond donors (Lipinski definition) is 2. The molecular formula is C14H15NO3S. The zero-order valence-electron chi connectivity index (χ0n) is 10.4. The third-order valence-corrected chi connectivity index (χ3v) is 5.05. The minimum Gasteiger partial charge on any atom is -0.395 e. The van der Waals surface area contributed by atoms with E-state index in [2.05, 4.69) is 10.8 Å². The molecule has 2 aromatic carbocycles. The van der Waals surface area contributed by atoms with Crippen molar-refractivity contribution in [2.75, 3.05) is 13.2 Å². The van der Waals surface area contributed by atoms with Gasteiger partial charge in [0.1, 0.15) is 0 Å². The number of nitrogens with one attached hydrogen (secondary N) is 1. The molecule has 0 aliphatic heterocycles. The van der Waals surface area contributed by atoms with Crippen LogP contribution in [0, 0.1) is 0 Å². The van der Waals surface area contributed by atoms with Gasteiger partial charge in [-0.3, -0.25) is 0 Å². The molecule has 19 heavy (non-hydrogen) atoms. The Kier molecular flexibility index (Phi) is 3.05. The van der Waals surface area contributed by atoms with E-state index in [0.717, 1.165) is 23.6 Å². The third-order valence-electron chi connectivity index (χ3n) is 3.53. The van der Waals surface area contributed by atoms with Crippen LogP contribution in [0.15, 0.2) is 35.2 Å². The van der Waals surface area contributed by atoms with Gasteiger partial charge < -0.3 is 5.11 Å². The lowest BCUT2D eigenvalue weighted by Crippen LogP contribution is -2.26. The molecule has 1 aliphatic rings. The van der Waals surface area contributed by atoms with Gasteiger partial charge in [0.2, 0.25) is 10.0 Å². The number of aliphatic hydroxyl groups excluding tert-OH is 1. The van der Waals surface area contributed by atoms with Crippen LogP contribution >= 0.6 is 0 Å². The molecule has 0 amide bonds. The summed E-state index contributed by atoms with van der Waals surface area (Å²) in [7, 11) is -3.56. The fraction of sp³-hybridized carbons (Fsp3) is 0.286. The fourth-order valence-corrected chi connectivity index (χ4v) is 3.93. The van der Waals surface area contributed by atoms with Crippen LogP contribution in [0.1, 0.15) is 11.1 Å². The lowest BCUT2D eigenvalue weighted by molar-refractivity contribution is 0.301. The van der Waals surface area contributed by atoms with Gasteiger partial charge in [0.25, 0.3) is 0 Å². The number of aliphatic hydroxyl groups is 1. The normalized spacial score (nSPS) is 14.2. The topological polar surface area (TPSA) is 66.4 Å². The van der Waals surface area contributed by atoms with Gasteiger partial charge in [-0.1, -0.05) is 24.3 Å². The molecule has 0 saturated carbocycles. The van der Waals surface area contributed by atoms with Crippen LogP contribution in [0.5, 0.6) is 0 Å². The van der Waals surface area contributed by atoms with E-state index in [1.54, 1.807) is 6.07 Å². The average Bonchev–Trinajstić information content (AvgIpc) is 2.82. The van der Waals surface area contributed by atoms with Gasteiger partial charge in [-0.2, -0.15) is 0 Å². The molecular weight excluding hydrogens is 262 g/mol. The van der Waals surface area contributed by atoms with Gasteiger partial charge in [0, 0.05) is 11.9 Å². The molecule has 0 spiro atoms. The summed E-state index contributed by atoms with van der Waals surface area (Å²) < 4.78 is 26.9. The zero-order chi connectivity index (χ0) is 13.5. The number of aryl methyl sites for hydroxylation is 2. The van der Waals surface area contributed by atoms with Crippen molar-refractivity contribution in [3.8, 4) is 0 Å². The Balaban J connectivity index is 2.22. The van der Waals surface area contributed by atoms with Crippen LogP contribution in [0.2, 0.25) is 0 Å². The first-order valence-electron chi connectivity index (χ1n) is 6.27. The van der Waals surface area contributed by atoms with Gasteiger partial charge in [-0.05, 0) is 35.4 Å². The summed E-state index contributed by atoms with van der Waals surface area (Å²) in [4.78, 5) is 0.295. The standard InChI is InChI=1S/C14H15NO3S/c16-9-8-15-19(17,18)13-7-6-11-5-4-10-2-1-3-12(13)14(10)11/h1-3,6-7,15-16H,4-5,8-9H2. The molecule has 100 valence electrons. The monoisotopic (exact) mass is 277 g/mol. The second kappa shape index (κ2) is 4.59. The molecule has 1 aliphatic carbocycles. The zero-order valence-corrected chi connectivity index (χ0v) is 11.2. The van der Waals surface area contributed by atoms with Crippen LogP contribution in [0.3, 0.4) is 0 Å². The van der Waals surface area contributed by atoms with Crippen molar-refractivity contribution in [3.63, 3.8) is 0 Å². The highest BCUT2D eigenvalue weighted by molar-refractivity contribution is 7.89. The van der Waals surface area contributed by atoms with E-state index in [-0.39, 0.29) is 13.2 Å². The number of benzene rings is 2. The second-order valence-corrected chi connectivity index (χ2v) is 6.42. The van der Waals surface area contributed by atoms with Crippen molar-refractivity contribution in [2.45, 2.75) is 17.7 Å². The number of rotatable bonds is 4. The largest absolute Gasteiger partial charge is 0.395 e. The first-order valence-corrected chi connectivity index (χ1v) is 7.76. The van der Waals surface area contributed by atoms with E-state index in [1.807, 2.05) is 18.2 Å². The molecule has 0 fully saturated rings. The average molecular weight is 277 g/mol. The van der Waals surface area contributed by atoms with Crippen molar-refractivity contribution in [1.29, 1.82) is 0 Å². The smallest absolute Gasteiger partial charge is 0.241 e. The highest BCUT2D eigenvalue weighted by Crippen LogP contribution is 2.34. The summed E-state index contributed by atoms with van der Waals surface area (Å²) in [6.45, 7) is -0.175. The van der Waals surface area contributed by atoms with E-state index in [9.17, 15) is 8.42 Å². The minimum absolute atomic E-state index is 0.0330. The van der Waals surface area contributed by atoms with Crippen LogP contribution in [0.25, 0.3) is 10.8 Å². The van der Waals surface area contributed by atoms with Crippen molar-refractivity contribution in [2.24, 2.45) is 0 Å². The summed E-state index contributed by atoms with van der Waals surface area (Å²) in [5, 5.41) is 10.6. The number of sulfonamides is 1. The molecule has 5 heteroatoms. The minimum atomic E-state index is -3.56. The summed E-state index contributed by atoms with van der Waals surface area (Å²) in [5.74, 6) is 0. The second-order valence-electron chi connectivity index (χ2n) is 4.68. The van der Waals surface area contributed by atoms with E-state index in [0.29, 0.717) is 4.90 Å². The van der Waals surface area contributed by atoms with E-state index >= 15 is 0 Å². The predicted octanol–water partition coefficient (Wildman–Crippen LogP) is 1.21. The molecule has 2 N–H and O–H groups in total. The molecule has 3 rings (SSSR count). The van der Waals surface area contributed by atoms with Crippen molar-refractivity contribution in [3.05, 3.63) is 41.5 Å². The highest BCUT2D eigenvalue weighted by atomic mass is 32.2. The molecule has 0 atom stereocenters. The Morgan fingerprint density at radius 1 is 1.11 bits per heavy atom. The van der Waals surface area contributed by atoms with Gasteiger partial charge in [-0.15, -0.1) is 0 Å². The van der Waals surface area contributed by atoms with Crippen LogP contribution < -0.4 is 4.72 Å². The Labute approximate surface area is 112 Å². The first-order chi connectivity index (χ1) is 9.13. The SMILES string of the molecule is O=S(=O)(NCCO)c1ccc2c3c(cccc13)CC2. The lowest BCUT2D eigenvalue weighted by atomic mass is 10.1. The maximum absolute atomic E-state index is 12.2. The quantitative estimate of drug-likeness (QED) is 0.882. The van der Waals surface area contributed by atoms with Gasteiger partial charge in [-0.25, -0.2) is 13.1 Å². The van der Waals surface area contributed by atoms with Crippen molar-refractivity contribution >= 4 is 20.8 Å². The van der Waals surface area contributed by atoms with E-state index in [4.69, 9.17) is 5.11 Å². The molecule has 2 aromatic rings. The Hall–Kier alpha value is -1.43. The summed E-state index contributed by atoms with van der Waals surface area (Å²) >= 11 is 0. The van der Waals surface area contributed by atoms with E-state index in [1.165, 1.54) is 11.1 Å². The van der Waals surface area contributed by atoms with Crippen LogP contribution in [0.4, 0.5) is 0 Å². The fourth-order valence-electron chi connectivity index (χ4n) is 2.71. The maximum Gasteiger partial charge on any atom is 0.241 e. The van der Waals surface area contributed by atoms with Crippen molar-refractivity contribution in [1.82, 2.24) is 4.72 Å². The lowest BCUT2D eigenvalue weighted by Gasteiger charge is -2.10. The van der Waals surface area contributed by atoms with Crippen LogP contribution in [-0.2, 0) is 22.9 Å². The number of hydrogen-bond acceptors (Lipinski definition) is 3. The molecule has 0 aromatic heterocycles. The first kappa shape index (κ1) is 12.6. The maximum atomic E-state index is 12.2. The predicted molar refractivity (Wildman–Crippen MR) is 73.6 cm³/mol. The molecule has 0 radical (unpaired) electrons. The molecule has 4 nitrogen and oxygen atoms in total.